The SMILES string of the molecule is C=C[C@H](c1c(Cl)ccc(F)c1O)N1CCNCC1. The fourth-order valence-electron chi connectivity index (χ4n) is 2.25. The van der Waals surface area contributed by atoms with Crippen molar-refractivity contribution in [3.05, 3.63) is 41.2 Å². The van der Waals surface area contributed by atoms with Crippen LogP contribution < -0.4 is 5.32 Å². The summed E-state index contributed by atoms with van der Waals surface area (Å²) in [5, 5.41) is 13.5. The monoisotopic (exact) mass is 270 g/mol. The molecule has 0 bridgehead atoms. The molecule has 3 nitrogen and oxygen atoms in total. The molecule has 2 N–H and O–H groups in total. The largest absolute Gasteiger partial charge is 0.505 e. The topological polar surface area (TPSA) is 35.5 Å². The van der Waals surface area contributed by atoms with Crippen LogP contribution in [0.15, 0.2) is 24.8 Å². The standard InChI is InChI=1S/C13H16ClFN2O/c1-2-11(17-7-5-16-6-8-17)12-9(14)3-4-10(15)13(12)18/h2-4,11,16,18H,1,5-8H2/t11-/m1/s1. The first kappa shape index (κ1) is 13.3. The molecule has 5 heteroatoms. The van der Waals surface area contributed by atoms with Crippen molar-refractivity contribution in [3.63, 3.8) is 0 Å². The fraction of sp³-hybridized carbons (Fsp3) is 0.385. The molecule has 1 fully saturated rings. The molecule has 1 aliphatic heterocycles. The number of phenolic OH excluding ortho intramolecular Hbond substituents is 1. The second-order valence-corrected chi connectivity index (χ2v) is 4.67. The molecule has 1 atom stereocenters. The van der Waals surface area contributed by atoms with Gasteiger partial charge in [0.2, 0.25) is 0 Å². The average Bonchev–Trinajstić information content (AvgIpc) is 2.40. The van der Waals surface area contributed by atoms with Crippen LogP contribution in [-0.2, 0) is 0 Å². The maximum absolute atomic E-state index is 13.4. The van der Waals surface area contributed by atoms with Gasteiger partial charge in [0, 0.05) is 36.8 Å². The third-order valence-electron chi connectivity index (χ3n) is 3.18. The van der Waals surface area contributed by atoms with Crippen molar-refractivity contribution in [2.45, 2.75) is 6.04 Å². The summed E-state index contributed by atoms with van der Waals surface area (Å²) in [7, 11) is 0. The number of piperazine rings is 1. The van der Waals surface area contributed by atoms with Gasteiger partial charge in [-0.2, -0.15) is 0 Å². The van der Waals surface area contributed by atoms with E-state index in [9.17, 15) is 9.50 Å². The smallest absolute Gasteiger partial charge is 0.165 e. The maximum Gasteiger partial charge on any atom is 0.165 e. The first-order valence-corrected chi connectivity index (χ1v) is 6.27. The number of benzene rings is 1. The number of nitrogens with zero attached hydrogens (tertiary/aromatic N) is 1. The van der Waals surface area contributed by atoms with E-state index in [2.05, 4.69) is 16.8 Å². The Labute approximate surface area is 111 Å². The van der Waals surface area contributed by atoms with E-state index in [0.29, 0.717) is 10.6 Å². The van der Waals surface area contributed by atoms with E-state index in [1.165, 1.54) is 12.1 Å². The van der Waals surface area contributed by atoms with Crippen LogP contribution in [0.4, 0.5) is 4.39 Å². The number of nitrogens with one attached hydrogen (secondary N) is 1. The lowest BCUT2D eigenvalue weighted by Crippen LogP contribution is -2.44. The third kappa shape index (κ3) is 2.51. The van der Waals surface area contributed by atoms with Crippen LogP contribution in [0.2, 0.25) is 5.02 Å². The number of halogens is 2. The van der Waals surface area contributed by atoms with Gasteiger partial charge in [0.25, 0.3) is 0 Å². The summed E-state index contributed by atoms with van der Waals surface area (Å²) in [4.78, 5) is 2.11. The number of phenols is 1. The van der Waals surface area contributed by atoms with Crippen LogP contribution in [0, 0.1) is 5.82 Å². The lowest BCUT2D eigenvalue weighted by Gasteiger charge is -2.34. The summed E-state index contributed by atoms with van der Waals surface area (Å²) in [6.45, 7) is 7.11. The van der Waals surface area contributed by atoms with Crippen LogP contribution in [0.25, 0.3) is 0 Å². The summed E-state index contributed by atoms with van der Waals surface area (Å²) in [6, 6.07) is 2.36. The zero-order valence-corrected chi connectivity index (χ0v) is 10.8. The lowest BCUT2D eigenvalue weighted by atomic mass is 10.0. The zero-order valence-electron chi connectivity index (χ0n) is 10.00. The Morgan fingerprint density at radius 2 is 2.11 bits per heavy atom. The minimum Gasteiger partial charge on any atom is -0.505 e. The van der Waals surface area contributed by atoms with Gasteiger partial charge < -0.3 is 10.4 Å². The van der Waals surface area contributed by atoms with Crippen LogP contribution in [0.5, 0.6) is 5.75 Å². The van der Waals surface area contributed by atoms with E-state index in [1.54, 1.807) is 6.08 Å². The second-order valence-electron chi connectivity index (χ2n) is 4.26. The van der Waals surface area contributed by atoms with Gasteiger partial charge in [-0.05, 0) is 12.1 Å². The van der Waals surface area contributed by atoms with Gasteiger partial charge in [-0.1, -0.05) is 17.7 Å². The van der Waals surface area contributed by atoms with Crippen molar-refractivity contribution >= 4 is 11.6 Å². The maximum atomic E-state index is 13.4. The summed E-state index contributed by atoms with van der Waals surface area (Å²) >= 11 is 6.08. The molecule has 1 heterocycles. The third-order valence-corrected chi connectivity index (χ3v) is 3.51. The van der Waals surface area contributed by atoms with E-state index >= 15 is 0 Å². The minimum absolute atomic E-state index is 0.268. The summed E-state index contributed by atoms with van der Waals surface area (Å²) in [5.74, 6) is -1.04. The highest BCUT2D eigenvalue weighted by molar-refractivity contribution is 6.31. The fourth-order valence-corrected chi connectivity index (χ4v) is 2.51. The highest BCUT2D eigenvalue weighted by atomic mass is 35.5. The van der Waals surface area contributed by atoms with Crippen molar-refractivity contribution in [2.24, 2.45) is 0 Å². The average molecular weight is 271 g/mol. The molecular formula is C13H16ClFN2O. The number of aromatic hydroxyl groups is 1. The molecule has 0 saturated carbocycles. The van der Waals surface area contributed by atoms with Gasteiger partial charge in [0.1, 0.15) is 0 Å². The normalized spacial score (nSPS) is 18.6. The van der Waals surface area contributed by atoms with E-state index < -0.39 is 5.82 Å². The lowest BCUT2D eigenvalue weighted by molar-refractivity contribution is 0.200. The number of hydrogen-bond acceptors (Lipinski definition) is 3. The highest BCUT2D eigenvalue weighted by Gasteiger charge is 2.25. The molecule has 1 aliphatic rings. The second kappa shape index (κ2) is 5.69. The Kier molecular flexibility index (Phi) is 4.22. The predicted molar refractivity (Wildman–Crippen MR) is 70.5 cm³/mol. The van der Waals surface area contributed by atoms with Gasteiger partial charge in [-0.25, -0.2) is 4.39 Å². The Balaban J connectivity index is 2.37. The first-order valence-electron chi connectivity index (χ1n) is 5.89. The highest BCUT2D eigenvalue weighted by Crippen LogP contribution is 2.37. The molecule has 1 aromatic rings. The van der Waals surface area contributed by atoms with E-state index in [-0.39, 0.29) is 11.8 Å². The molecule has 1 aromatic carbocycles. The zero-order chi connectivity index (χ0) is 13.1. The summed E-state index contributed by atoms with van der Waals surface area (Å²) < 4.78 is 13.4. The molecule has 0 amide bonds. The molecule has 0 aromatic heterocycles. The molecule has 0 unspecified atom stereocenters. The summed E-state index contributed by atoms with van der Waals surface area (Å²) in [5.41, 5.74) is 0.397. The predicted octanol–water partition coefficient (Wildman–Crippen LogP) is 2.32. The van der Waals surface area contributed by atoms with Crippen molar-refractivity contribution in [3.8, 4) is 5.75 Å². The van der Waals surface area contributed by atoms with Crippen molar-refractivity contribution < 1.29 is 9.50 Å². The van der Waals surface area contributed by atoms with Gasteiger partial charge >= 0.3 is 0 Å². The molecule has 0 aliphatic carbocycles. The number of hydrogen-bond donors (Lipinski definition) is 2. The molecule has 98 valence electrons. The minimum atomic E-state index is -0.656. The summed E-state index contributed by atoms with van der Waals surface area (Å²) in [6.07, 6.45) is 1.69. The van der Waals surface area contributed by atoms with Crippen LogP contribution >= 0.6 is 11.6 Å². The van der Waals surface area contributed by atoms with Crippen LogP contribution in [-0.4, -0.2) is 36.2 Å². The van der Waals surface area contributed by atoms with Gasteiger partial charge in [-0.3, -0.25) is 4.90 Å². The quantitative estimate of drug-likeness (QED) is 0.828. The van der Waals surface area contributed by atoms with Crippen molar-refractivity contribution in [1.82, 2.24) is 10.2 Å². The van der Waals surface area contributed by atoms with E-state index in [4.69, 9.17) is 11.6 Å². The number of rotatable bonds is 3. The van der Waals surface area contributed by atoms with Gasteiger partial charge in [0.15, 0.2) is 11.6 Å². The van der Waals surface area contributed by atoms with E-state index in [0.717, 1.165) is 26.2 Å². The first-order chi connectivity index (χ1) is 8.65. The molecule has 18 heavy (non-hydrogen) atoms. The Morgan fingerprint density at radius 3 is 2.72 bits per heavy atom. The van der Waals surface area contributed by atoms with Gasteiger partial charge in [0.05, 0.1) is 6.04 Å². The molecule has 0 spiro atoms. The van der Waals surface area contributed by atoms with Crippen LogP contribution in [0.3, 0.4) is 0 Å². The molecule has 2 rings (SSSR count). The molecular weight excluding hydrogens is 255 g/mol. The van der Waals surface area contributed by atoms with Crippen molar-refractivity contribution in [2.75, 3.05) is 26.2 Å². The van der Waals surface area contributed by atoms with Gasteiger partial charge in [-0.15, -0.1) is 6.58 Å². The Hall–Kier alpha value is -1.10. The molecule has 1 saturated heterocycles. The Morgan fingerprint density at radius 1 is 1.44 bits per heavy atom. The molecule has 0 radical (unpaired) electrons. The van der Waals surface area contributed by atoms with E-state index in [1.807, 2.05) is 0 Å². The Bertz CT molecular complexity index is 447. The van der Waals surface area contributed by atoms with Crippen molar-refractivity contribution in [1.29, 1.82) is 0 Å². The van der Waals surface area contributed by atoms with Crippen LogP contribution in [0.1, 0.15) is 11.6 Å².